The Labute approximate surface area is 170 Å². The Morgan fingerprint density at radius 2 is 1.44 bits per heavy atom. The number of hydrogen-bond donors (Lipinski definition) is 0. The van der Waals surface area contributed by atoms with E-state index in [1.54, 1.807) is 0 Å². The molecule has 3 heteroatoms. The highest BCUT2D eigenvalue weighted by Gasteiger charge is 2.43. The molecule has 0 bridgehead atoms. The summed E-state index contributed by atoms with van der Waals surface area (Å²) in [4.78, 5) is 8.27. The normalized spacial score (nSPS) is 27.7. The summed E-state index contributed by atoms with van der Waals surface area (Å²) < 4.78 is 0. The summed E-state index contributed by atoms with van der Waals surface area (Å²) in [5, 5.41) is 0. The van der Waals surface area contributed by atoms with E-state index in [4.69, 9.17) is 0 Å². The minimum atomic E-state index is 0.222. The third-order valence-corrected chi connectivity index (χ3v) is 7.64. The lowest BCUT2D eigenvalue weighted by Gasteiger charge is -2.56. The van der Waals surface area contributed by atoms with E-state index in [0.717, 1.165) is 12.1 Å². The van der Waals surface area contributed by atoms with Gasteiger partial charge in [0, 0.05) is 47.8 Å². The van der Waals surface area contributed by atoms with E-state index in [2.05, 4.69) is 84.1 Å². The lowest BCUT2D eigenvalue weighted by atomic mass is 9.82. The molecular formula is C24H49N3. The molecular weight excluding hydrogens is 330 g/mol. The van der Waals surface area contributed by atoms with E-state index in [1.165, 1.54) is 51.6 Å². The molecule has 0 aromatic carbocycles. The van der Waals surface area contributed by atoms with Crippen LogP contribution in [0.5, 0.6) is 0 Å². The monoisotopic (exact) mass is 379 g/mol. The predicted molar refractivity (Wildman–Crippen MR) is 120 cm³/mol. The zero-order valence-corrected chi connectivity index (χ0v) is 20.2. The highest BCUT2D eigenvalue weighted by atomic mass is 15.3. The van der Waals surface area contributed by atoms with Gasteiger partial charge in [-0.05, 0) is 95.0 Å². The molecule has 0 N–H and O–H groups in total. The van der Waals surface area contributed by atoms with Crippen molar-refractivity contribution in [2.45, 2.75) is 136 Å². The molecule has 2 fully saturated rings. The van der Waals surface area contributed by atoms with E-state index in [1.807, 2.05) is 0 Å². The van der Waals surface area contributed by atoms with Crippen LogP contribution in [0.4, 0.5) is 0 Å². The molecule has 1 aliphatic heterocycles. The van der Waals surface area contributed by atoms with Gasteiger partial charge in [-0.1, -0.05) is 12.8 Å². The van der Waals surface area contributed by atoms with Gasteiger partial charge in [-0.15, -0.1) is 0 Å². The van der Waals surface area contributed by atoms with Crippen LogP contribution in [0.2, 0.25) is 0 Å². The van der Waals surface area contributed by atoms with Crippen molar-refractivity contribution in [3.63, 3.8) is 0 Å². The third kappa shape index (κ3) is 5.48. The molecule has 3 nitrogen and oxygen atoms in total. The molecule has 0 amide bonds. The van der Waals surface area contributed by atoms with Crippen LogP contribution in [0.1, 0.15) is 101 Å². The molecule has 1 saturated heterocycles. The van der Waals surface area contributed by atoms with Gasteiger partial charge in [0.1, 0.15) is 0 Å². The van der Waals surface area contributed by atoms with Gasteiger partial charge in [0.15, 0.2) is 0 Å². The van der Waals surface area contributed by atoms with E-state index >= 15 is 0 Å². The maximum Gasteiger partial charge on any atom is 0.0257 e. The van der Waals surface area contributed by atoms with Gasteiger partial charge in [0.25, 0.3) is 0 Å². The van der Waals surface area contributed by atoms with Crippen molar-refractivity contribution in [1.82, 2.24) is 14.7 Å². The van der Waals surface area contributed by atoms with Gasteiger partial charge in [-0.25, -0.2) is 0 Å². The van der Waals surface area contributed by atoms with Gasteiger partial charge >= 0.3 is 0 Å². The lowest BCUT2D eigenvalue weighted by Crippen LogP contribution is -2.66. The first-order chi connectivity index (χ1) is 12.2. The van der Waals surface area contributed by atoms with Crippen molar-refractivity contribution >= 4 is 0 Å². The minimum absolute atomic E-state index is 0.222. The molecule has 0 spiro atoms. The van der Waals surface area contributed by atoms with E-state index in [9.17, 15) is 0 Å². The largest absolute Gasteiger partial charge is 0.296 e. The van der Waals surface area contributed by atoms with E-state index < -0.39 is 0 Å². The van der Waals surface area contributed by atoms with Gasteiger partial charge in [0.05, 0.1) is 0 Å². The van der Waals surface area contributed by atoms with Crippen molar-refractivity contribution in [2.75, 3.05) is 20.1 Å². The molecule has 0 aromatic rings. The van der Waals surface area contributed by atoms with Crippen LogP contribution in [0.15, 0.2) is 0 Å². The fourth-order valence-electron chi connectivity index (χ4n) is 5.58. The summed E-state index contributed by atoms with van der Waals surface area (Å²) in [6.45, 7) is 24.0. The molecule has 160 valence electrons. The summed E-state index contributed by atoms with van der Waals surface area (Å²) in [6.07, 6.45) is 8.18. The minimum Gasteiger partial charge on any atom is -0.296 e. The van der Waals surface area contributed by atoms with E-state index in [0.29, 0.717) is 11.6 Å². The molecule has 1 heterocycles. The quantitative estimate of drug-likeness (QED) is 0.634. The number of hydrogen-bond acceptors (Lipinski definition) is 3. The molecule has 27 heavy (non-hydrogen) atoms. The van der Waals surface area contributed by atoms with Crippen LogP contribution in [-0.2, 0) is 0 Å². The first kappa shape index (κ1) is 23.2. The van der Waals surface area contributed by atoms with Crippen molar-refractivity contribution in [3.05, 3.63) is 0 Å². The highest BCUT2D eigenvalue weighted by Crippen LogP contribution is 2.36. The zero-order chi connectivity index (χ0) is 20.6. The van der Waals surface area contributed by atoms with Gasteiger partial charge in [-0.3, -0.25) is 14.7 Å². The summed E-state index contributed by atoms with van der Waals surface area (Å²) >= 11 is 0. The zero-order valence-electron chi connectivity index (χ0n) is 20.2. The fraction of sp³-hybridized carbons (Fsp3) is 1.00. The highest BCUT2D eigenvalue weighted by molar-refractivity contribution is 4.99. The lowest BCUT2D eigenvalue weighted by molar-refractivity contribution is -0.0649. The average Bonchev–Trinajstić information content (AvgIpc) is 2.56. The first-order valence-electron chi connectivity index (χ1n) is 11.5. The van der Waals surface area contributed by atoms with Gasteiger partial charge in [-0.2, -0.15) is 0 Å². The molecule has 1 aliphatic carbocycles. The van der Waals surface area contributed by atoms with Gasteiger partial charge in [0.2, 0.25) is 0 Å². The Kier molecular flexibility index (Phi) is 7.14. The second-order valence-electron chi connectivity index (χ2n) is 12.0. The van der Waals surface area contributed by atoms with Crippen LogP contribution in [0.25, 0.3) is 0 Å². The van der Waals surface area contributed by atoms with Crippen molar-refractivity contribution in [2.24, 2.45) is 0 Å². The molecule has 1 saturated carbocycles. The van der Waals surface area contributed by atoms with Crippen molar-refractivity contribution in [3.8, 4) is 0 Å². The number of piperazine rings is 1. The van der Waals surface area contributed by atoms with Crippen LogP contribution in [-0.4, -0.2) is 69.6 Å². The first-order valence-corrected chi connectivity index (χ1v) is 11.5. The smallest absolute Gasteiger partial charge is 0.0257 e. The summed E-state index contributed by atoms with van der Waals surface area (Å²) in [5.74, 6) is 0. The number of fused-ring (bicyclic) bond motifs is 1. The van der Waals surface area contributed by atoms with Crippen LogP contribution < -0.4 is 0 Å². The Morgan fingerprint density at radius 1 is 0.889 bits per heavy atom. The van der Waals surface area contributed by atoms with Crippen molar-refractivity contribution in [1.29, 1.82) is 0 Å². The third-order valence-electron chi connectivity index (χ3n) is 7.64. The molecule has 0 aromatic heterocycles. The Hall–Kier alpha value is -0.120. The second kappa shape index (κ2) is 8.32. The SMILES string of the molecule is CC(CCC(C)(C)N(C)C(C)(C)C)N1CCN(C(C)(C)C)C2CCCCC21. The molecule has 3 atom stereocenters. The predicted octanol–water partition coefficient (Wildman–Crippen LogP) is 5.39. The van der Waals surface area contributed by atoms with E-state index in [-0.39, 0.29) is 11.1 Å². The number of rotatable bonds is 5. The Bertz CT molecular complexity index is 471. The summed E-state index contributed by atoms with van der Waals surface area (Å²) in [7, 11) is 2.30. The fourth-order valence-corrected chi connectivity index (χ4v) is 5.58. The average molecular weight is 380 g/mol. The topological polar surface area (TPSA) is 9.72 Å². The maximum atomic E-state index is 2.89. The Balaban J connectivity index is 2.03. The van der Waals surface area contributed by atoms with Crippen molar-refractivity contribution < 1.29 is 0 Å². The Morgan fingerprint density at radius 3 is 1.96 bits per heavy atom. The van der Waals surface area contributed by atoms with Crippen LogP contribution in [0, 0.1) is 0 Å². The summed E-state index contributed by atoms with van der Waals surface area (Å²) in [6, 6.07) is 2.22. The summed E-state index contributed by atoms with van der Waals surface area (Å²) in [5.41, 5.74) is 0.762. The second-order valence-corrected chi connectivity index (χ2v) is 12.0. The van der Waals surface area contributed by atoms with Crippen LogP contribution in [0.3, 0.4) is 0 Å². The van der Waals surface area contributed by atoms with Crippen LogP contribution >= 0.6 is 0 Å². The number of nitrogens with zero attached hydrogens (tertiary/aromatic N) is 3. The molecule has 3 unspecified atom stereocenters. The molecule has 2 aliphatic rings. The molecule has 2 rings (SSSR count). The van der Waals surface area contributed by atoms with Gasteiger partial charge < -0.3 is 0 Å². The standard InChI is InChI=1S/C24H49N3/c1-19(15-16-24(8,9)25(10)22(2,3)4)26-17-18-27(23(5,6)7)21-14-12-11-13-20(21)26/h19-21H,11-18H2,1-10H3. The molecule has 0 radical (unpaired) electrons. The maximum absolute atomic E-state index is 2.89.